The molecular weight excluding hydrogens is 387 g/mol. The van der Waals surface area contributed by atoms with Crippen molar-refractivity contribution < 1.29 is 14.0 Å². The number of fused-ring (bicyclic) bond motifs is 1. The van der Waals surface area contributed by atoms with E-state index >= 15 is 0 Å². The summed E-state index contributed by atoms with van der Waals surface area (Å²) in [5.41, 5.74) is 2.02. The van der Waals surface area contributed by atoms with Gasteiger partial charge in [-0.1, -0.05) is 19.1 Å². The minimum Gasteiger partial charge on any atom is -0.330 e. The van der Waals surface area contributed by atoms with E-state index in [2.05, 4.69) is 11.4 Å². The van der Waals surface area contributed by atoms with Crippen molar-refractivity contribution in [2.75, 3.05) is 13.1 Å². The number of halogens is 1. The Kier molecular flexibility index (Phi) is 5.72. The van der Waals surface area contributed by atoms with Crippen molar-refractivity contribution in [2.45, 2.75) is 51.6 Å². The maximum Gasteiger partial charge on any atom is 0.243 e. The molecule has 2 aliphatic rings. The molecule has 1 aromatic heterocycles. The number of benzene rings is 1. The second-order valence-corrected chi connectivity index (χ2v) is 9.09. The van der Waals surface area contributed by atoms with Gasteiger partial charge in [0.2, 0.25) is 11.8 Å². The standard InChI is InChI=1S/C23H27FN2O2S/c1-3-15(2)26(23(28)17-4-5-17)14-21(27)25-12-10-20-19(11-13-29-20)22(25)16-6-8-18(24)9-7-16/h6-9,11,13,15,17,22H,3-5,10,12,14H2,1-2H3/t15-,22-/m1/s1. The predicted molar refractivity (Wildman–Crippen MR) is 112 cm³/mol. The Morgan fingerprint density at radius 1 is 1.24 bits per heavy atom. The number of hydrogen-bond acceptors (Lipinski definition) is 3. The van der Waals surface area contributed by atoms with Crippen LogP contribution in [0.4, 0.5) is 4.39 Å². The summed E-state index contributed by atoms with van der Waals surface area (Å²) in [5, 5.41) is 2.05. The fourth-order valence-corrected chi connectivity index (χ4v) is 4.97. The number of thiophene rings is 1. The van der Waals surface area contributed by atoms with Crippen molar-refractivity contribution in [3.05, 3.63) is 57.5 Å². The van der Waals surface area contributed by atoms with E-state index < -0.39 is 0 Å². The zero-order valence-electron chi connectivity index (χ0n) is 16.9. The third-order valence-electron chi connectivity index (χ3n) is 6.11. The van der Waals surface area contributed by atoms with Crippen molar-refractivity contribution in [3.8, 4) is 0 Å². The molecule has 6 heteroatoms. The first-order valence-electron chi connectivity index (χ1n) is 10.4. The lowest BCUT2D eigenvalue weighted by molar-refractivity contribution is -0.144. The third kappa shape index (κ3) is 4.08. The zero-order valence-corrected chi connectivity index (χ0v) is 17.8. The molecule has 0 N–H and O–H groups in total. The van der Waals surface area contributed by atoms with Gasteiger partial charge in [0.05, 0.1) is 6.04 Å². The lowest BCUT2D eigenvalue weighted by Gasteiger charge is -2.38. The van der Waals surface area contributed by atoms with E-state index in [-0.39, 0.29) is 42.2 Å². The van der Waals surface area contributed by atoms with Crippen molar-refractivity contribution >= 4 is 23.2 Å². The summed E-state index contributed by atoms with van der Waals surface area (Å²) in [5.74, 6) is -0.120. The van der Waals surface area contributed by atoms with Crippen LogP contribution in [0.5, 0.6) is 0 Å². The summed E-state index contributed by atoms with van der Waals surface area (Å²) in [6.45, 7) is 4.78. The normalized spacial score (nSPS) is 19.6. The van der Waals surface area contributed by atoms with Crippen molar-refractivity contribution in [1.82, 2.24) is 9.80 Å². The van der Waals surface area contributed by atoms with Crippen LogP contribution in [0, 0.1) is 11.7 Å². The first-order valence-corrected chi connectivity index (χ1v) is 11.3. The highest BCUT2D eigenvalue weighted by Gasteiger charge is 2.38. The van der Waals surface area contributed by atoms with Crippen LogP contribution in [-0.4, -0.2) is 40.7 Å². The Labute approximate surface area is 175 Å². The van der Waals surface area contributed by atoms with E-state index in [9.17, 15) is 14.0 Å². The molecule has 154 valence electrons. The van der Waals surface area contributed by atoms with Crippen LogP contribution in [-0.2, 0) is 16.0 Å². The molecule has 1 saturated carbocycles. The van der Waals surface area contributed by atoms with Gasteiger partial charge in [-0.15, -0.1) is 11.3 Å². The van der Waals surface area contributed by atoms with E-state index in [1.54, 1.807) is 28.4 Å². The lowest BCUT2D eigenvalue weighted by atomic mass is 9.93. The van der Waals surface area contributed by atoms with E-state index in [0.717, 1.165) is 36.8 Å². The number of nitrogens with zero attached hydrogens (tertiary/aromatic N) is 2. The highest BCUT2D eigenvalue weighted by molar-refractivity contribution is 7.10. The van der Waals surface area contributed by atoms with Gasteiger partial charge in [0.25, 0.3) is 0 Å². The first-order chi connectivity index (χ1) is 14.0. The molecule has 1 aliphatic carbocycles. The Bertz CT molecular complexity index is 891. The van der Waals surface area contributed by atoms with E-state index in [4.69, 9.17) is 0 Å². The predicted octanol–water partition coefficient (Wildman–Crippen LogP) is 4.40. The maximum absolute atomic E-state index is 13.5. The Hall–Kier alpha value is -2.21. The zero-order chi connectivity index (χ0) is 20.5. The van der Waals surface area contributed by atoms with Crippen LogP contribution in [0.25, 0.3) is 0 Å². The fraction of sp³-hybridized carbons (Fsp3) is 0.478. The van der Waals surface area contributed by atoms with Gasteiger partial charge in [-0.05, 0) is 67.3 Å². The first kappa shape index (κ1) is 20.1. The van der Waals surface area contributed by atoms with Gasteiger partial charge < -0.3 is 9.80 Å². The van der Waals surface area contributed by atoms with Crippen molar-refractivity contribution in [3.63, 3.8) is 0 Å². The summed E-state index contributed by atoms with van der Waals surface area (Å²) >= 11 is 1.70. The number of carbonyl (C=O) groups excluding carboxylic acids is 2. The molecule has 1 aliphatic heterocycles. The monoisotopic (exact) mass is 414 g/mol. The SMILES string of the molecule is CC[C@@H](C)N(CC(=O)N1CCc2sccc2[C@H]1c1ccc(F)cc1)C(=O)C1CC1. The molecule has 0 radical (unpaired) electrons. The van der Waals surface area contributed by atoms with Gasteiger partial charge in [-0.2, -0.15) is 0 Å². The van der Waals surface area contributed by atoms with Gasteiger partial charge in [0.1, 0.15) is 12.4 Å². The summed E-state index contributed by atoms with van der Waals surface area (Å²) in [6.07, 6.45) is 3.50. The second-order valence-electron chi connectivity index (χ2n) is 8.09. The molecule has 1 aromatic carbocycles. The Morgan fingerprint density at radius 3 is 2.62 bits per heavy atom. The molecule has 4 nitrogen and oxygen atoms in total. The Morgan fingerprint density at radius 2 is 1.97 bits per heavy atom. The van der Waals surface area contributed by atoms with Crippen LogP contribution in [0.1, 0.15) is 55.2 Å². The van der Waals surface area contributed by atoms with Crippen molar-refractivity contribution in [2.24, 2.45) is 5.92 Å². The molecule has 1 fully saturated rings. The van der Waals surface area contributed by atoms with Crippen LogP contribution in [0.15, 0.2) is 35.7 Å². The molecule has 0 spiro atoms. The molecule has 2 atom stereocenters. The van der Waals surface area contributed by atoms with Crippen LogP contribution < -0.4 is 0 Å². The van der Waals surface area contributed by atoms with Gasteiger partial charge in [0, 0.05) is 23.4 Å². The summed E-state index contributed by atoms with van der Waals surface area (Å²) in [4.78, 5) is 31.1. The highest BCUT2D eigenvalue weighted by Crippen LogP contribution is 2.38. The summed E-state index contributed by atoms with van der Waals surface area (Å²) < 4.78 is 13.5. The number of amides is 2. The fourth-order valence-electron chi connectivity index (χ4n) is 4.06. The minimum absolute atomic E-state index is 0.0366. The van der Waals surface area contributed by atoms with E-state index in [1.165, 1.54) is 17.0 Å². The van der Waals surface area contributed by atoms with Crippen molar-refractivity contribution in [1.29, 1.82) is 0 Å². The van der Waals surface area contributed by atoms with Crippen LogP contribution >= 0.6 is 11.3 Å². The van der Waals surface area contributed by atoms with Gasteiger partial charge in [-0.3, -0.25) is 9.59 Å². The molecule has 29 heavy (non-hydrogen) atoms. The summed E-state index contributed by atoms with van der Waals surface area (Å²) in [6, 6.07) is 8.28. The molecule has 0 bridgehead atoms. The molecule has 0 unspecified atom stereocenters. The maximum atomic E-state index is 13.5. The largest absolute Gasteiger partial charge is 0.330 e. The second kappa shape index (κ2) is 8.27. The minimum atomic E-state index is -0.286. The van der Waals surface area contributed by atoms with Gasteiger partial charge in [0.15, 0.2) is 0 Å². The highest BCUT2D eigenvalue weighted by atomic mass is 32.1. The summed E-state index contributed by atoms with van der Waals surface area (Å²) in [7, 11) is 0. The topological polar surface area (TPSA) is 40.6 Å². The van der Waals surface area contributed by atoms with E-state index in [0.29, 0.717) is 6.54 Å². The third-order valence-corrected chi connectivity index (χ3v) is 7.11. The average molecular weight is 415 g/mol. The van der Waals surface area contributed by atoms with Crippen LogP contribution in [0.2, 0.25) is 0 Å². The number of carbonyl (C=O) groups is 2. The quantitative estimate of drug-likeness (QED) is 0.703. The van der Waals surface area contributed by atoms with Gasteiger partial charge >= 0.3 is 0 Å². The molecule has 2 aromatic rings. The smallest absolute Gasteiger partial charge is 0.243 e. The molecular formula is C23H27FN2O2S. The van der Waals surface area contributed by atoms with Crippen LogP contribution in [0.3, 0.4) is 0 Å². The average Bonchev–Trinajstić information content (AvgIpc) is 3.47. The van der Waals surface area contributed by atoms with Gasteiger partial charge in [-0.25, -0.2) is 4.39 Å². The molecule has 2 heterocycles. The molecule has 2 amide bonds. The molecule has 0 saturated heterocycles. The number of hydrogen-bond donors (Lipinski definition) is 0. The van der Waals surface area contributed by atoms with E-state index in [1.807, 2.05) is 18.7 Å². The molecule has 4 rings (SSSR count). The number of rotatable bonds is 6. The Balaban J connectivity index is 1.61. The lowest BCUT2D eigenvalue weighted by Crippen LogP contribution is -2.49.